The average molecular weight is 348 g/mol. The van der Waals surface area contributed by atoms with Crippen LogP contribution in [0, 0.1) is 0 Å². The predicted octanol–water partition coefficient (Wildman–Crippen LogP) is 2.79. The van der Waals surface area contributed by atoms with Gasteiger partial charge in [-0.25, -0.2) is 4.57 Å². The van der Waals surface area contributed by atoms with Crippen molar-refractivity contribution in [3.63, 3.8) is 0 Å². The SMILES string of the molecule is CCOP(=O)(OCC)OCC(=O)c1cc(OC)c(O)c(OC)c1. The van der Waals surface area contributed by atoms with E-state index in [0.29, 0.717) is 0 Å². The smallest absolute Gasteiger partial charge is 0.475 e. The Balaban J connectivity index is 2.91. The van der Waals surface area contributed by atoms with Gasteiger partial charge in [-0.3, -0.25) is 18.4 Å². The Kier molecular flexibility index (Phi) is 7.51. The zero-order chi connectivity index (χ0) is 17.5. The number of aromatic hydroxyl groups is 1. The van der Waals surface area contributed by atoms with Gasteiger partial charge < -0.3 is 14.6 Å². The maximum Gasteiger partial charge on any atom is 0.475 e. The van der Waals surface area contributed by atoms with Gasteiger partial charge in [0.1, 0.15) is 6.61 Å². The summed E-state index contributed by atoms with van der Waals surface area (Å²) in [4.78, 5) is 12.2. The molecule has 0 aliphatic rings. The van der Waals surface area contributed by atoms with Gasteiger partial charge in [-0.2, -0.15) is 0 Å². The molecule has 0 radical (unpaired) electrons. The number of phenols is 1. The number of hydrogen-bond acceptors (Lipinski definition) is 8. The standard InChI is InChI=1S/C14H21O8P/c1-5-20-23(17,21-6-2)22-9-11(15)10-7-12(18-3)14(16)13(8-10)19-4/h7-8,16H,5-6,9H2,1-4H3. The van der Waals surface area contributed by atoms with Gasteiger partial charge in [0, 0.05) is 5.56 Å². The Morgan fingerprint density at radius 2 is 1.52 bits per heavy atom. The molecule has 130 valence electrons. The van der Waals surface area contributed by atoms with Crippen LogP contribution in [0.4, 0.5) is 0 Å². The number of phenolic OH excluding ortho intramolecular Hbond substituents is 1. The van der Waals surface area contributed by atoms with E-state index in [9.17, 15) is 14.5 Å². The topological polar surface area (TPSA) is 101 Å². The first-order chi connectivity index (χ1) is 10.9. The highest BCUT2D eigenvalue weighted by molar-refractivity contribution is 7.48. The summed E-state index contributed by atoms with van der Waals surface area (Å²) in [5, 5.41) is 9.82. The number of ether oxygens (including phenoxy) is 2. The number of benzene rings is 1. The molecule has 0 heterocycles. The number of ketones is 1. The van der Waals surface area contributed by atoms with Crippen molar-refractivity contribution in [2.24, 2.45) is 0 Å². The Morgan fingerprint density at radius 1 is 1.04 bits per heavy atom. The van der Waals surface area contributed by atoms with Crippen LogP contribution in [0.25, 0.3) is 0 Å². The van der Waals surface area contributed by atoms with Crippen LogP contribution in [0.5, 0.6) is 17.2 Å². The zero-order valence-electron chi connectivity index (χ0n) is 13.5. The number of hydrogen-bond donors (Lipinski definition) is 1. The monoisotopic (exact) mass is 348 g/mol. The molecule has 8 nitrogen and oxygen atoms in total. The van der Waals surface area contributed by atoms with Gasteiger partial charge in [0.05, 0.1) is 27.4 Å². The first kappa shape index (κ1) is 19.4. The van der Waals surface area contributed by atoms with E-state index in [1.807, 2.05) is 0 Å². The van der Waals surface area contributed by atoms with Crippen LogP contribution in [-0.4, -0.2) is 44.9 Å². The van der Waals surface area contributed by atoms with E-state index in [1.54, 1.807) is 13.8 Å². The zero-order valence-corrected chi connectivity index (χ0v) is 14.4. The maximum absolute atomic E-state index is 12.2. The highest BCUT2D eigenvalue weighted by Crippen LogP contribution is 2.49. The number of phosphoric ester groups is 1. The molecule has 0 fully saturated rings. The average Bonchev–Trinajstić information content (AvgIpc) is 2.53. The third kappa shape index (κ3) is 5.21. The van der Waals surface area contributed by atoms with E-state index in [0.717, 1.165) is 0 Å². The van der Waals surface area contributed by atoms with Gasteiger partial charge in [0.15, 0.2) is 17.3 Å². The minimum atomic E-state index is -3.77. The fourth-order valence-electron chi connectivity index (χ4n) is 1.70. The summed E-state index contributed by atoms with van der Waals surface area (Å²) in [7, 11) is -1.08. The third-order valence-corrected chi connectivity index (χ3v) is 4.32. The molecule has 0 aromatic heterocycles. The van der Waals surface area contributed by atoms with E-state index >= 15 is 0 Å². The Labute approximate surface area is 134 Å². The molecule has 0 aliphatic heterocycles. The summed E-state index contributed by atoms with van der Waals surface area (Å²) in [6.45, 7) is 2.98. The minimum Gasteiger partial charge on any atom is -0.502 e. The quantitative estimate of drug-likeness (QED) is 0.509. The Bertz CT molecular complexity index is 551. The second-order valence-electron chi connectivity index (χ2n) is 4.21. The van der Waals surface area contributed by atoms with Gasteiger partial charge in [-0.1, -0.05) is 0 Å². The summed E-state index contributed by atoms with van der Waals surface area (Å²) in [6.07, 6.45) is 0. The molecule has 9 heteroatoms. The summed E-state index contributed by atoms with van der Waals surface area (Å²) in [5.74, 6) is -0.570. The van der Waals surface area contributed by atoms with Crippen LogP contribution in [0.3, 0.4) is 0 Å². The highest BCUT2D eigenvalue weighted by Gasteiger charge is 2.27. The number of carbonyl (C=O) groups is 1. The lowest BCUT2D eigenvalue weighted by atomic mass is 10.1. The summed E-state index contributed by atoms with van der Waals surface area (Å²) >= 11 is 0. The van der Waals surface area contributed by atoms with E-state index in [1.165, 1.54) is 26.4 Å². The van der Waals surface area contributed by atoms with Gasteiger partial charge in [-0.15, -0.1) is 0 Å². The lowest BCUT2D eigenvalue weighted by Gasteiger charge is -2.16. The van der Waals surface area contributed by atoms with Crippen LogP contribution in [0.2, 0.25) is 0 Å². The van der Waals surface area contributed by atoms with E-state index < -0.39 is 20.2 Å². The molecule has 1 N–H and O–H groups in total. The van der Waals surface area contributed by atoms with Crippen molar-refractivity contribution < 1.29 is 37.5 Å². The van der Waals surface area contributed by atoms with Crippen molar-refractivity contribution in [3.8, 4) is 17.2 Å². The fraction of sp³-hybridized carbons (Fsp3) is 0.500. The molecule has 0 amide bonds. The largest absolute Gasteiger partial charge is 0.502 e. The number of carbonyl (C=O) groups excluding carboxylic acids is 1. The molecule has 1 rings (SSSR count). The van der Waals surface area contributed by atoms with Gasteiger partial charge in [0.2, 0.25) is 5.75 Å². The molecule has 0 saturated carbocycles. The molecule has 0 atom stereocenters. The van der Waals surface area contributed by atoms with Crippen molar-refractivity contribution >= 4 is 13.6 Å². The third-order valence-electron chi connectivity index (χ3n) is 2.73. The molecule has 0 saturated heterocycles. The molecule has 0 unspecified atom stereocenters. The van der Waals surface area contributed by atoms with Gasteiger partial charge >= 0.3 is 7.82 Å². The number of Topliss-reactive ketones (excluding diaryl/α,β-unsaturated/α-hetero) is 1. The molecule has 1 aromatic rings. The highest BCUT2D eigenvalue weighted by atomic mass is 31.2. The summed E-state index contributed by atoms with van der Waals surface area (Å²) < 4.78 is 37.0. The molecule has 0 aliphatic carbocycles. The van der Waals surface area contributed by atoms with Crippen LogP contribution >= 0.6 is 7.82 Å². The second-order valence-corrected chi connectivity index (χ2v) is 5.88. The van der Waals surface area contributed by atoms with Crippen molar-refractivity contribution in [1.29, 1.82) is 0 Å². The van der Waals surface area contributed by atoms with Crippen molar-refractivity contribution in [3.05, 3.63) is 17.7 Å². The summed E-state index contributed by atoms with van der Waals surface area (Å²) in [5.41, 5.74) is 0.163. The van der Waals surface area contributed by atoms with Crippen molar-refractivity contribution in [2.45, 2.75) is 13.8 Å². The lowest BCUT2D eigenvalue weighted by Crippen LogP contribution is -2.11. The maximum atomic E-state index is 12.2. The summed E-state index contributed by atoms with van der Waals surface area (Å²) in [6, 6.07) is 2.66. The van der Waals surface area contributed by atoms with E-state index in [4.69, 9.17) is 23.0 Å². The van der Waals surface area contributed by atoms with Crippen molar-refractivity contribution in [2.75, 3.05) is 34.0 Å². The molecular weight excluding hydrogens is 327 g/mol. The molecular formula is C14H21O8P. The minimum absolute atomic E-state index is 0.0745. The first-order valence-electron chi connectivity index (χ1n) is 6.92. The molecule has 0 bridgehead atoms. The lowest BCUT2D eigenvalue weighted by molar-refractivity contribution is 0.0815. The molecule has 1 aromatic carbocycles. The molecule has 23 heavy (non-hydrogen) atoms. The van der Waals surface area contributed by atoms with E-state index in [-0.39, 0.29) is 36.0 Å². The van der Waals surface area contributed by atoms with Crippen LogP contribution < -0.4 is 9.47 Å². The van der Waals surface area contributed by atoms with Crippen LogP contribution in [-0.2, 0) is 18.1 Å². The molecule has 0 spiro atoms. The van der Waals surface area contributed by atoms with Gasteiger partial charge in [-0.05, 0) is 26.0 Å². The number of methoxy groups -OCH3 is 2. The predicted molar refractivity (Wildman–Crippen MR) is 82.4 cm³/mol. The second kappa shape index (κ2) is 8.88. The van der Waals surface area contributed by atoms with Crippen LogP contribution in [0.15, 0.2) is 12.1 Å². The number of phosphoric acid groups is 1. The van der Waals surface area contributed by atoms with E-state index in [2.05, 4.69) is 0 Å². The van der Waals surface area contributed by atoms with Gasteiger partial charge in [0.25, 0.3) is 0 Å². The Hall–Kier alpha value is -1.60. The number of rotatable bonds is 10. The van der Waals surface area contributed by atoms with Crippen LogP contribution in [0.1, 0.15) is 24.2 Å². The fourth-order valence-corrected chi connectivity index (χ4v) is 2.83. The first-order valence-corrected chi connectivity index (χ1v) is 8.38. The Morgan fingerprint density at radius 3 is 1.91 bits per heavy atom. The normalized spacial score (nSPS) is 11.3. The van der Waals surface area contributed by atoms with Crippen molar-refractivity contribution in [1.82, 2.24) is 0 Å².